The molecular formula is C77H113N11O17S. The summed E-state index contributed by atoms with van der Waals surface area (Å²) in [5.41, 5.74) is 8.82. The third-order valence-electron chi connectivity index (χ3n) is 17.7. The minimum atomic E-state index is -0.935. The van der Waals surface area contributed by atoms with Gasteiger partial charge in [0.1, 0.15) is 23.7 Å². The predicted octanol–water partition coefficient (Wildman–Crippen LogP) is 6.46. The fourth-order valence-corrected chi connectivity index (χ4v) is 12.8. The standard InChI is InChI=1S/C77H113N11O17S/c1-54(2)83-67-46-61(45-64(65(67)48-78)73(92)81-51-66-55(3)44-56(4)84-74(66)93)60-15-16-69(79-50-60)87-22-20-86(21-23-87)19-17-62(89)10-9-24-96-26-28-98-30-32-100-34-36-102-38-40-104-42-43-105-41-39-103-37-35-101-33-31-99-29-27-97-25-18-70(91)85-72(77(6,7)8)76(95)88-52-63(90)47-68(88)75(94)80-49-58-11-13-59(14-12-58)71-57(5)82-53-106-71/h11-16,44-46,48,50,53-54,63,68,72,78,83,90H,9-10,17-43,47,49,51-52H2,1-8H3,(H,80,94)(H,81,92)(H,84,93)(H,85,91)/t63-,68+,72-/m1/s1. The van der Waals surface area contributed by atoms with Crippen molar-refractivity contribution in [2.45, 2.75) is 125 Å². The zero-order chi connectivity index (χ0) is 76.1. The summed E-state index contributed by atoms with van der Waals surface area (Å²) in [5, 5.41) is 30.9. The summed E-state index contributed by atoms with van der Waals surface area (Å²) in [6.45, 7) is 27.4. The Morgan fingerprint density at radius 3 is 1.74 bits per heavy atom. The number of anilines is 2. The van der Waals surface area contributed by atoms with Gasteiger partial charge in [0.2, 0.25) is 17.7 Å². The van der Waals surface area contributed by atoms with Gasteiger partial charge in [0, 0.05) is 131 Å². The number of hydrogen-bond donors (Lipinski definition) is 7. The van der Waals surface area contributed by atoms with Crippen molar-refractivity contribution in [3.8, 4) is 21.6 Å². The molecule has 2 aliphatic heterocycles. The van der Waals surface area contributed by atoms with Crippen LogP contribution in [0.25, 0.3) is 21.6 Å². The maximum Gasteiger partial charge on any atom is 0.253 e. The third kappa shape index (κ3) is 29.9. The average molecular weight is 1500 g/mol. The molecule has 5 aromatic rings. The molecule has 2 saturated heterocycles. The Morgan fingerprint density at radius 1 is 0.670 bits per heavy atom. The minimum Gasteiger partial charge on any atom is -0.391 e. The number of ketones is 1. The molecule has 7 rings (SSSR count). The van der Waals surface area contributed by atoms with Gasteiger partial charge >= 0.3 is 0 Å². The number of pyridine rings is 2. The summed E-state index contributed by atoms with van der Waals surface area (Å²) in [6, 6.07) is 15.6. The number of benzene rings is 2. The maximum atomic E-state index is 14.0. The lowest BCUT2D eigenvalue weighted by molar-refractivity contribution is -0.144. The van der Waals surface area contributed by atoms with E-state index < -0.39 is 35.4 Å². The van der Waals surface area contributed by atoms with E-state index in [0.717, 1.165) is 76.1 Å². The lowest BCUT2D eigenvalue weighted by atomic mass is 9.85. The van der Waals surface area contributed by atoms with Crippen molar-refractivity contribution >= 4 is 58.5 Å². The van der Waals surface area contributed by atoms with E-state index in [1.165, 1.54) is 11.1 Å². The van der Waals surface area contributed by atoms with Crippen LogP contribution in [-0.4, -0.2) is 261 Å². The Kier molecular flexibility index (Phi) is 37.8. The van der Waals surface area contributed by atoms with Crippen LogP contribution in [0.3, 0.4) is 0 Å². The summed E-state index contributed by atoms with van der Waals surface area (Å²) in [5.74, 6) is -0.479. The van der Waals surface area contributed by atoms with Gasteiger partial charge in [0.15, 0.2) is 0 Å². The van der Waals surface area contributed by atoms with Gasteiger partial charge in [0.05, 0.1) is 153 Å². The number of aromatic nitrogens is 3. The number of thiazole rings is 1. The van der Waals surface area contributed by atoms with Crippen molar-refractivity contribution in [1.82, 2.24) is 40.7 Å². The number of hydrogen-bond acceptors (Lipinski definition) is 24. The van der Waals surface area contributed by atoms with Crippen LogP contribution in [0.4, 0.5) is 11.5 Å². The molecular weight excluding hydrogens is 1380 g/mol. The summed E-state index contributed by atoms with van der Waals surface area (Å²) in [4.78, 5) is 98.5. The second-order valence-corrected chi connectivity index (χ2v) is 28.4. The molecule has 584 valence electrons. The first kappa shape index (κ1) is 85.8. The number of nitrogens with zero attached hydrogens (tertiary/aromatic N) is 5. The van der Waals surface area contributed by atoms with E-state index in [1.54, 1.807) is 23.6 Å². The van der Waals surface area contributed by atoms with Gasteiger partial charge in [-0.15, -0.1) is 11.3 Å². The van der Waals surface area contributed by atoms with Crippen molar-refractivity contribution in [2.75, 3.05) is 182 Å². The lowest BCUT2D eigenvalue weighted by Crippen LogP contribution is -2.57. The monoisotopic (exact) mass is 1500 g/mol. The van der Waals surface area contributed by atoms with Gasteiger partial charge < -0.3 is 93.9 Å². The molecule has 5 heterocycles. The van der Waals surface area contributed by atoms with Crippen molar-refractivity contribution in [3.05, 3.63) is 116 Å². The molecule has 0 radical (unpaired) electrons. The highest BCUT2D eigenvalue weighted by molar-refractivity contribution is 7.13. The second kappa shape index (κ2) is 46.7. The first-order chi connectivity index (χ1) is 51.2. The zero-order valence-corrected chi connectivity index (χ0v) is 64.0. The molecule has 0 spiro atoms. The van der Waals surface area contributed by atoms with Gasteiger partial charge in [-0.1, -0.05) is 45.0 Å². The van der Waals surface area contributed by atoms with E-state index in [4.69, 9.17) is 57.8 Å². The van der Waals surface area contributed by atoms with Crippen LogP contribution in [0.1, 0.15) is 111 Å². The van der Waals surface area contributed by atoms with Crippen molar-refractivity contribution in [2.24, 2.45) is 5.41 Å². The maximum absolute atomic E-state index is 14.0. The summed E-state index contributed by atoms with van der Waals surface area (Å²) >= 11 is 1.57. The summed E-state index contributed by atoms with van der Waals surface area (Å²) in [6.07, 6.45) is 3.87. The SMILES string of the molecule is Cc1cc(C)c(CNC(=O)c2cc(-c3ccc(N4CCN(CCC(=O)CCCOCCOCCOCCOCCOCCOCCOCCOCCOCCOCCC(=O)N[C@H](C(=O)N5C[C@H](O)C[C@H]5C(=O)NCc5ccc(-c6scnc6C)cc5)C(C)(C)C)CC4)nc3)cc(NC(C)C)c2C=N)c(=O)[nH]1. The molecule has 2 aliphatic rings. The first-order valence-electron chi connectivity index (χ1n) is 36.9. The van der Waals surface area contributed by atoms with Crippen LogP contribution in [-0.2, 0) is 79.6 Å². The molecule has 2 aromatic carbocycles. The molecule has 28 nitrogen and oxygen atoms in total. The Balaban J connectivity index is 0.590. The quantitative estimate of drug-likeness (QED) is 0.0162. The number of aryl methyl sites for hydroxylation is 3. The second-order valence-electron chi connectivity index (χ2n) is 27.5. The van der Waals surface area contributed by atoms with Gasteiger partial charge in [-0.3, -0.25) is 33.7 Å². The minimum absolute atomic E-state index is 0.0108. The lowest BCUT2D eigenvalue weighted by Gasteiger charge is -2.35. The van der Waals surface area contributed by atoms with Crippen LogP contribution >= 0.6 is 11.3 Å². The number of β-amino-alcohol motifs (C(OH)–C–C–N with tert-alkyl or cyclic N) is 1. The highest BCUT2D eigenvalue weighted by Crippen LogP contribution is 2.32. The van der Waals surface area contributed by atoms with E-state index in [9.17, 15) is 33.9 Å². The number of ether oxygens (including phenoxy) is 10. The molecule has 0 aliphatic carbocycles. The van der Waals surface area contributed by atoms with Crippen LogP contribution in [0.5, 0.6) is 0 Å². The van der Waals surface area contributed by atoms with Gasteiger partial charge in [-0.2, -0.15) is 0 Å². The van der Waals surface area contributed by atoms with Gasteiger partial charge in [0.25, 0.3) is 11.5 Å². The zero-order valence-electron chi connectivity index (χ0n) is 63.2. The number of nitrogens with one attached hydrogen (secondary N) is 6. The number of aromatic amines is 1. The van der Waals surface area contributed by atoms with Crippen LogP contribution in [0.2, 0.25) is 0 Å². The van der Waals surface area contributed by atoms with Gasteiger partial charge in [-0.05, 0) is 99.0 Å². The number of aliphatic hydroxyl groups is 1. The molecule has 29 heteroatoms. The number of amides is 4. The molecule has 3 aromatic heterocycles. The van der Waals surface area contributed by atoms with E-state index in [2.05, 4.69) is 41.0 Å². The molecule has 0 saturated carbocycles. The van der Waals surface area contributed by atoms with Crippen molar-refractivity contribution < 1.29 is 76.4 Å². The normalized spacial score (nSPS) is 15.1. The van der Waals surface area contributed by atoms with Crippen LogP contribution < -0.4 is 31.7 Å². The molecule has 4 amide bonds. The number of H-pyrrole nitrogens is 1. The number of rotatable bonds is 51. The van der Waals surface area contributed by atoms with Crippen molar-refractivity contribution in [3.63, 3.8) is 0 Å². The van der Waals surface area contributed by atoms with E-state index in [1.807, 2.05) is 109 Å². The number of carbonyl (C=O) groups excluding carboxylic acids is 5. The number of likely N-dealkylation sites (tertiary alicyclic amines) is 1. The Labute approximate surface area is 627 Å². The Bertz CT molecular complexity index is 3550. The molecule has 0 bridgehead atoms. The van der Waals surface area contributed by atoms with E-state index >= 15 is 0 Å². The summed E-state index contributed by atoms with van der Waals surface area (Å²) in [7, 11) is 0. The first-order valence-corrected chi connectivity index (χ1v) is 37.8. The summed E-state index contributed by atoms with van der Waals surface area (Å²) < 4.78 is 55.9. The fraction of sp³-hybridized carbons (Fsp3) is 0.597. The number of aliphatic hydroxyl groups excluding tert-OH is 1. The van der Waals surface area contributed by atoms with Crippen LogP contribution in [0, 0.1) is 31.6 Å². The number of carbonyl (C=O) groups is 5. The van der Waals surface area contributed by atoms with E-state index in [-0.39, 0.29) is 74.9 Å². The molecule has 2 fully saturated rings. The van der Waals surface area contributed by atoms with Crippen molar-refractivity contribution in [1.29, 1.82) is 5.41 Å². The molecule has 106 heavy (non-hydrogen) atoms. The predicted molar refractivity (Wildman–Crippen MR) is 406 cm³/mol. The largest absolute Gasteiger partial charge is 0.391 e. The highest BCUT2D eigenvalue weighted by Gasteiger charge is 2.44. The molecule has 7 N–H and O–H groups in total. The average Bonchev–Trinajstić information content (AvgIpc) is 1.79. The van der Waals surface area contributed by atoms with E-state index in [0.29, 0.717) is 167 Å². The number of Topliss-reactive ketones (excluding diaryl/α,β-unsaturated/α-hetero) is 1. The third-order valence-corrected chi connectivity index (χ3v) is 18.7. The van der Waals surface area contributed by atoms with Gasteiger partial charge in [-0.25, -0.2) is 9.97 Å². The Morgan fingerprint density at radius 2 is 1.23 bits per heavy atom. The fourth-order valence-electron chi connectivity index (χ4n) is 11.9. The van der Waals surface area contributed by atoms with Crippen LogP contribution in [0.15, 0.2) is 71.1 Å². The smallest absolute Gasteiger partial charge is 0.253 e. The Hall–Kier alpha value is -7.49. The highest BCUT2D eigenvalue weighted by atomic mass is 32.1. The molecule has 3 atom stereocenters. The molecule has 0 unspecified atom stereocenters. The number of piperazine rings is 1. The topological polar surface area (TPSA) is 338 Å².